The Morgan fingerprint density at radius 1 is 1.13 bits per heavy atom. The fraction of sp³-hybridized carbons (Fsp3) is 0.227. The molecule has 0 fully saturated rings. The maximum absolute atomic E-state index is 12.9. The number of para-hydroxylation sites is 1. The number of hydrogen-bond donors (Lipinski definition) is 1. The van der Waals surface area contributed by atoms with E-state index in [-0.39, 0.29) is 42.7 Å². The Balaban J connectivity index is 2.00. The number of phenolic OH excluding ortho intramolecular Hbond substituents is 1. The number of phenols is 1. The number of benzene rings is 2. The Hall–Kier alpha value is -4.01. The smallest absolute Gasteiger partial charge is 0.231 e. The summed E-state index contributed by atoms with van der Waals surface area (Å²) >= 11 is 0. The third kappa shape index (κ3) is 3.90. The number of rotatable bonds is 7. The second-order valence-corrected chi connectivity index (χ2v) is 6.42. The van der Waals surface area contributed by atoms with Crippen LogP contribution in [0.25, 0.3) is 6.08 Å². The maximum atomic E-state index is 12.9. The van der Waals surface area contributed by atoms with Gasteiger partial charge in [0.1, 0.15) is 11.5 Å². The molecule has 0 saturated carbocycles. The number of Topliss-reactive ketones (excluding diaryl/α,β-unsaturated/α-hetero) is 1. The fourth-order valence-corrected chi connectivity index (χ4v) is 3.21. The largest absolute Gasteiger partial charge is 0.507 e. The molecular formula is C22H19N3O5. The highest BCUT2D eigenvalue weighted by atomic mass is 16.5. The van der Waals surface area contributed by atoms with Gasteiger partial charge in [0.05, 0.1) is 50.6 Å². The van der Waals surface area contributed by atoms with Gasteiger partial charge in [0.25, 0.3) is 0 Å². The number of methoxy groups -OCH3 is 2. The molecule has 0 amide bonds. The van der Waals surface area contributed by atoms with Gasteiger partial charge in [-0.3, -0.25) is 9.69 Å². The lowest BCUT2D eigenvalue weighted by molar-refractivity contribution is 0.101. The highest BCUT2D eigenvalue weighted by Crippen LogP contribution is 2.41. The minimum absolute atomic E-state index is 0.00564. The molecule has 2 aromatic rings. The number of carbonyl (C=O) groups excluding carboxylic acids is 1. The van der Waals surface area contributed by atoms with Gasteiger partial charge in [-0.05, 0) is 24.3 Å². The maximum Gasteiger partial charge on any atom is 0.231 e. The van der Waals surface area contributed by atoms with E-state index in [1.54, 1.807) is 24.3 Å². The van der Waals surface area contributed by atoms with Gasteiger partial charge >= 0.3 is 0 Å². The SMILES string of the molecule is COc1cccc(C=C2Oc3c(ccc(O)c3CN(CC#N)CC#N)C2=O)c1OC. The summed E-state index contributed by atoms with van der Waals surface area (Å²) in [7, 11) is 3.02. The minimum Gasteiger partial charge on any atom is -0.507 e. The van der Waals surface area contributed by atoms with Crippen LogP contribution in [0.15, 0.2) is 36.1 Å². The van der Waals surface area contributed by atoms with E-state index in [9.17, 15) is 9.90 Å². The molecule has 0 radical (unpaired) electrons. The van der Waals surface area contributed by atoms with Crippen LogP contribution in [0.4, 0.5) is 0 Å². The monoisotopic (exact) mass is 405 g/mol. The first-order chi connectivity index (χ1) is 14.5. The normalized spacial score (nSPS) is 13.5. The van der Waals surface area contributed by atoms with Gasteiger partial charge in [0.15, 0.2) is 17.3 Å². The molecule has 152 valence electrons. The fourth-order valence-electron chi connectivity index (χ4n) is 3.21. The highest BCUT2D eigenvalue weighted by molar-refractivity contribution is 6.15. The Bertz CT molecular complexity index is 1080. The molecule has 8 nitrogen and oxygen atoms in total. The van der Waals surface area contributed by atoms with Gasteiger partial charge in [-0.25, -0.2) is 0 Å². The molecule has 0 atom stereocenters. The quantitative estimate of drug-likeness (QED) is 0.552. The average molecular weight is 405 g/mol. The van der Waals surface area contributed by atoms with Gasteiger partial charge in [-0.2, -0.15) is 10.5 Å². The molecule has 3 rings (SSSR count). The zero-order valence-electron chi connectivity index (χ0n) is 16.5. The van der Waals surface area contributed by atoms with Crippen molar-refractivity contribution in [2.75, 3.05) is 27.3 Å². The van der Waals surface area contributed by atoms with E-state index in [1.807, 2.05) is 12.1 Å². The number of fused-ring (bicyclic) bond motifs is 1. The molecule has 1 aliphatic heterocycles. The third-order valence-corrected chi connectivity index (χ3v) is 4.61. The number of hydrogen-bond acceptors (Lipinski definition) is 8. The van der Waals surface area contributed by atoms with E-state index in [0.29, 0.717) is 28.2 Å². The van der Waals surface area contributed by atoms with Gasteiger partial charge in [-0.1, -0.05) is 12.1 Å². The summed E-state index contributed by atoms with van der Waals surface area (Å²) in [6.07, 6.45) is 1.55. The predicted molar refractivity (Wildman–Crippen MR) is 107 cm³/mol. The van der Waals surface area contributed by atoms with Crippen LogP contribution in [0.1, 0.15) is 21.5 Å². The summed E-state index contributed by atoms with van der Waals surface area (Å²) in [5.74, 6) is 0.823. The van der Waals surface area contributed by atoms with Crippen molar-refractivity contribution in [1.82, 2.24) is 4.90 Å². The summed E-state index contributed by atoms with van der Waals surface area (Å²) < 4.78 is 16.5. The zero-order chi connectivity index (χ0) is 21.7. The first-order valence-electron chi connectivity index (χ1n) is 9.00. The van der Waals surface area contributed by atoms with Crippen LogP contribution in [0.2, 0.25) is 0 Å². The highest BCUT2D eigenvalue weighted by Gasteiger charge is 2.32. The van der Waals surface area contributed by atoms with Crippen molar-refractivity contribution in [3.8, 4) is 35.1 Å². The molecule has 1 heterocycles. The number of allylic oxidation sites excluding steroid dienone is 1. The summed E-state index contributed by atoms with van der Waals surface area (Å²) in [4.78, 5) is 14.4. The molecule has 1 aliphatic rings. The summed E-state index contributed by atoms with van der Waals surface area (Å²) in [5.41, 5.74) is 1.23. The number of nitriles is 2. The van der Waals surface area contributed by atoms with Crippen LogP contribution in [0.3, 0.4) is 0 Å². The number of aromatic hydroxyl groups is 1. The number of nitrogens with zero attached hydrogens (tertiary/aromatic N) is 3. The number of ether oxygens (including phenoxy) is 3. The lowest BCUT2D eigenvalue weighted by Crippen LogP contribution is -2.24. The van der Waals surface area contributed by atoms with Crippen molar-refractivity contribution in [1.29, 1.82) is 10.5 Å². The van der Waals surface area contributed by atoms with Crippen molar-refractivity contribution in [3.63, 3.8) is 0 Å². The van der Waals surface area contributed by atoms with E-state index in [4.69, 9.17) is 24.7 Å². The van der Waals surface area contributed by atoms with Crippen molar-refractivity contribution in [2.45, 2.75) is 6.54 Å². The standard InChI is InChI=1S/C22H19N3O5/c1-28-18-5-3-4-14(21(18)29-2)12-19-20(27)15-6-7-17(26)16(22(15)30-19)13-25(10-8-23)11-9-24/h3-7,12,26H,10-11,13H2,1-2H3. The first kappa shape index (κ1) is 20.7. The molecule has 2 aromatic carbocycles. The van der Waals surface area contributed by atoms with Gasteiger partial charge in [0, 0.05) is 12.1 Å². The van der Waals surface area contributed by atoms with E-state index < -0.39 is 0 Å². The molecule has 0 unspecified atom stereocenters. The van der Waals surface area contributed by atoms with Gasteiger partial charge < -0.3 is 19.3 Å². The van der Waals surface area contributed by atoms with E-state index in [2.05, 4.69) is 0 Å². The van der Waals surface area contributed by atoms with E-state index >= 15 is 0 Å². The van der Waals surface area contributed by atoms with Crippen LogP contribution in [0, 0.1) is 22.7 Å². The zero-order valence-corrected chi connectivity index (χ0v) is 16.5. The molecule has 30 heavy (non-hydrogen) atoms. The Kier molecular flexibility index (Phi) is 6.21. The lowest BCUT2D eigenvalue weighted by Gasteiger charge is -2.17. The Morgan fingerprint density at radius 2 is 1.87 bits per heavy atom. The van der Waals surface area contributed by atoms with Crippen molar-refractivity contribution in [3.05, 3.63) is 52.8 Å². The Morgan fingerprint density at radius 3 is 2.50 bits per heavy atom. The molecule has 8 heteroatoms. The van der Waals surface area contributed by atoms with E-state index in [1.165, 1.54) is 31.3 Å². The third-order valence-electron chi connectivity index (χ3n) is 4.61. The van der Waals surface area contributed by atoms with Crippen molar-refractivity contribution < 1.29 is 24.1 Å². The minimum atomic E-state index is -0.344. The van der Waals surface area contributed by atoms with Crippen LogP contribution >= 0.6 is 0 Å². The molecule has 0 bridgehead atoms. The summed E-state index contributed by atoms with van der Waals surface area (Å²) in [6.45, 7) is 0.0712. The van der Waals surface area contributed by atoms with Crippen LogP contribution in [0.5, 0.6) is 23.0 Å². The van der Waals surface area contributed by atoms with Crippen molar-refractivity contribution >= 4 is 11.9 Å². The van der Waals surface area contributed by atoms with Gasteiger partial charge in [-0.15, -0.1) is 0 Å². The summed E-state index contributed by atoms with van der Waals surface area (Å²) in [5, 5.41) is 28.3. The lowest BCUT2D eigenvalue weighted by atomic mass is 10.0. The summed E-state index contributed by atoms with van der Waals surface area (Å²) in [6, 6.07) is 12.1. The van der Waals surface area contributed by atoms with Crippen molar-refractivity contribution in [2.24, 2.45) is 0 Å². The molecule has 0 spiro atoms. The second kappa shape index (κ2) is 8.99. The van der Waals surface area contributed by atoms with Gasteiger partial charge in [0.2, 0.25) is 5.78 Å². The molecule has 0 saturated heterocycles. The molecule has 0 aliphatic carbocycles. The second-order valence-electron chi connectivity index (χ2n) is 6.42. The van der Waals surface area contributed by atoms with Crippen LogP contribution in [-0.4, -0.2) is 43.1 Å². The van der Waals surface area contributed by atoms with Crippen LogP contribution in [-0.2, 0) is 6.54 Å². The predicted octanol–water partition coefficient (Wildman–Crippen LogP) is 2.87. The Labute approximate surface area is 173 Å². The molecule has 0 aromatic heterocycles. The number of ketones is 1. The molecular weight excluding hydrogens is 386 g/mol. The topological polar surface area (TPSA) is 116 Å². The molecule has 1 N–H and O–H groups in total. The van der Waals surface area contributed by atoms with Crippen LogP contribution < -0.4 is 14.2 Å². The first-order valence-corrected chi connectivity index (χ1v) is 9.00. The number of carbonyl (C=O) groups is 1. The van der Waals surface area contributed by atoms with E-state index in [0.717, 1.165) is 0 Å². The average Bonchev–Trinajstić information content (AvgIpc) is 3.05.